The third-order valence-electron chi connectivity index (χ3n) is 4.32. The first-order chi connectivity index (χ1) is 15.3. The number of alkyl halides is 1. The number of likely N-dealkylation sites (N-methyl/N-ethyl adjacent to an activating group) is 1. The number of nitrogens with one attached hydrogen (secondary N) is 1. The molecule has 3 rings (SSSR count). The van der Waals surface area contributed by atoms with E-state index in [-0.39, 0.29) is 5.75 Å². The van der Waals surface area contributed by atoms with Gasteiger partial charge in [0.25, 0.3) is 0 Å². The van der Waals surface area contributed by atoms with Gasteiger partial charge in [0.1, 0.15) is 12.3 Å². The number of benzene rings is 3. The van der Waals surface area contributed by atoms with Gasteiger partial charge in [-0.2, -0.15) is 0 Å². The molecule has 3 aromatic carbocycles. The Morgan fingerprint density at radius 1 is 0.857 bits per heavy atom. The number of hydrogen-bond donors (Lipinski definition) is 1. The van der Waals surface area contributed by atoms with Crippen LogP contribution in [0.15, 0.2) is 84.9 Å². The van der Waals surface area contributed by atoms with Crippen molar-refractivity contribution in [2.45, 2.75) is 6.42 Å². The first kappa shape index (κ1) is 15.4. The Labute approximate surface area is 178 Å². The van der Waals surface area contributed by atoms with E-state index in [4.69, 9.17) is 21.8 Å². The Morgan fingerprint density at radius 2 is 1.43 bits per heavy atom. The second kappa shape index (κ2) is 10.7. The van der Waals surface area contributed by atoms with Gasteiger partial charge in [-0.25, -0.2) is 0 Å². The van der Waals surface area contributed by atoms with Gasteiger partial charge in [0.05, 0.1) is 2.74 Å². The molecule has 144 valence electrons. The zero-order valence-electron chi connectivity index (χ0n) is 19.8. The van der Waals surface area contributed by atoms with Crippen LogP contribution in [0.1, 0.15) is 28.6 Å². The average molecular weight is 396 g/mol. The van der Waals surface area contributed by atoms with E-state index < -0.39 is 13.1 Å². The summed E-state index contributed by atoms with van der Waals surface area (Å²) in [4.78, 5) is 0. The molecule has 0 saturated carbocycles. The summed E-state index contributed by atoms with van der Waals surface area (Å²) in [5, 5.41) is 2.31. The maximum Gasteiger partial charge on any atom is 0.119 e. The first-order valence-electron chi connectivity index (χ1n) is 11.2. The monoisotopic (exact) mass is 395 g/mol. The van der Waals surface area contributed by atoms with Crippen LogP contribution in [0.2, 0.25) is 0 Å². The van der Waals surface area contributed by atoms with Gasteiger partial charge in [-0.05, 0) is 53.4 Å². The van der Waals surface area contributed by atoms with Gasteiger partial charge < -0.3 is 10.1 Å². The lowest BCUT2D eigenvalue weighted by atomic mass is 9.88. The molecule has 0 fully saturated rings. The van der Waals surface area contributed by atoms with Crippen molar-refractivity contribution in [2.24, 2.45) is 0 Å². The number of halogens is 1. The normalized spacial score (nSPS) is 14.9. The average Bonchev–Trinajstić information content (AvgIpc) is 2.81. The molecule has 2 nitrogen and oxygen atoms in total. The molecule has 0 heterocycles. The van der Waals surface area contributed by atoms with Crippen LogP contribution in [-0.2, 0) is 0 Å². The van der Waals surface area contributed by atoms with Crippen molar-refractivity contribution in [3.63, 3.8) is 0 Å². The minimum atomic E-state index is -2.55. The fourth-order valence-electron chi connectivity index (χ4n) is 3.09. The fourth-order valence-corrected chi connectivity index (χ4v) is 3.28. The van der Waals surface area contributed by atoms with Crippen LogP contribution in [0.3, 0.4) is 0 Å². The predicted molar refractivity (Wildman–Crippen MR) is 120 cm³/mol. The highest BCUT2D eigenvalue weighted by Crippen LogP contribution is 2.35. The highest BCUT2D eigenvalue weighted by atomic mass is 35.5. The molecule has 0 amide bonds. The van der Waals surface area contributed by atoms with Crippen molar-refractivity contribution >= 4 is 22.7 Å². The Morgan fingerprint density at radius 3 is 2.00 bits per heavy atom. The Bertz CT molecular complexity index is 1040. The molecule has 0 aromatic heterocycles. The van der Waals surface area contributed by atoms with E-state index in [1.807, 2.05) is 48.5 Å². The zero-order valence-corrected chi connectivity index (χ0v) is 16.5. The number of ether oxygens (including phenoxy) is 1. The molecule has 3 heteroatoms. The molecule has 3 aromatic rings. The van der Waals surface area contributed by atoms with Crippen LogP contribution in [0.25, 0.3) is 11.1 Å². The molecule has 0 aliphatic carbocycles. The lowest BCUT2D eigenvalue weighted by Gasteiger charge is -2.17. The van der Waals surface area contributed by atoms with Gasteiger partial charge in [0, 0.05) is 15.1 Å². The zero-order chi connectivity index (χ0) is 23.2. The maximum atomic E-state index is 7.96. The molecule has 1 N–H and O–H groups in total. The fraction of sp³-hybridized carbons (Fsp3) is 0.200. The van der Waals surface area contributed by atoms with E-state index >= 15 is 0 Å². The van der Waals surface area contributed by atoms with E-state index in [0.717, 1.165) is 27.8 Å². The van der Waals surface area contributed by atoms with Crippen LogP contribution in [0, 0.1) is 0 Å². The Balaban J connectivity index is 2.07. The van der Waals surface area contributed by atoms with Gasteiger partial charge in [-0.15, -0.1) is 11.6 Å². The van der Waals surface area contributed by atoms with E-state index in [1.165, 1.54) is 7.05 Å². The number of allylic oxidation sites excluding steroid dienone is 1. The van der Waals surface area contributed by atoms with E-state index in [1.54, 1.807) is 12.1 Å². The van der Waals surface area contributed by atoms with Crippen LogP contribution in [-0.4, -0.2) is 26.0 Å². The third-order valence-corrected chi connectivity index (χ3v) is 4.51. The maximum absolute atomic E-state index is 7.96. The van der Waals surface area contributed by atoms with Crippen molar-refractivity contribution in [3.05, 3.63) is 102 Å². The SMILES string of the molecule is [2H]C([2H])(NC)C([2H])([2H])Oc1ccc(/C(=C(/CCCl)c2ccccc2)c2ccccc2)cc1. The van der Waals surface area contributed by atoms with Gasteiger partial charge >= 0.3 is 0 Å². The van der Waals surface area contributed by atoms with Gasteiger partial charge in [-0.1, -0.05) is 72.8 Å². The molecule has 0 radical (unpaired) electrons. The van der Waals surface area contributed by atoms with Crippen LogP contribution in [0.4, 0.5) is 0 Å². The first-order valence-corrected chi connectivity index (χ1v) is 9.71. The number of rotatable bonds is 9. The van der Waals surface area contributed by atoms with Crippen LogP contribution in [0.5, 0.6) is 5.75 Å². The third kappa shape index (κ3) is 5.25. The second-order valence-corrected chi connectivity index (χ2v) is 6.51. The molecule has 0 spiro atoms. The summed E-state index contributed by atoms with van der Waals surface area (Å²) >= 11 is 6.18. The van der Waals surface area contributed by atoms with Crippen molar-refractivity contribution in [1.82, 2.24) is 5.32 Å². The summed E-state index contributed by atoms with van der Waals surface area (Å²) in [6, 6.07) is 27.2. The van der Waals surface area contributed by atoms with Crippen molar-refractivity contribution in [1.29, 1.82) is 0 Å². The molecule has 0 bridgehead atoms. The molecule has 0 atom stereocenters. The Kier molecular flexibility index (Phi) is 5.88. The highest BCUT2D eigenvalue weighted by molar-refractivity contribution is 6.18. The molecular weight excluding hydrogens is 366 g/mol. The molecule has 0 saturated heterocycles. The predicted octanol–water partition coefficient (Wildman–Crippen LogP) is 5.87. The quantitative estimate of drug-likeness (QED) is 0.361. The van der Waals surface area contributed by atoms with E-state index in [0.29, 0.717) is 12.3 Å². The molecule has 0 aliphatic rings. The summed E-state index contributed by atoms with van der Waals surface area (Å²) in [6.07, 6.45) is 0.680. The largest absolute Gasteiger partial charge is 0.492 e. The molecule has 28 heavy (non-hydrogen) atoms. The smallest absolute Gasteiger partial charge is 0.119 e. The minimum Gasteiger partial charge on any atom is -0.492 e. The Hall–Kier alpha value is -2.55. The summed E-state index contributed by atoms with van der Waals surface area (Å²) < 4.78 is 36.8. The lowest BCUT2D eigenvalue weighted by molar-refractivity contribution is 0.318. The van der Waals surface area contributed by atoms with Gasteiger partial charge in [-0.3, -0.25) is 0 Å². The summed E-state index contributed by atoms with van der Waals surface area (Å²) in [5.74, 6) is 0.713. The lowest BCUT2D eigenvalue weighted by Crippen LogP contribution is -2.15. The van der Waals surface area contributed by atoms with Crippen molar-refractivity contribution in [2.75, 3.05) is 26.0 Å². The number of hydrogen-bond acceptors (Lipinski definition) is 2. The van der Waals surface area contributed by atoms with E-state index in [2.05, 4.69) is 29.6 Å². The van der Waals surface area contributed by atoms with Crippen LogP contribution < -0.4 is 10.1 Å². The highest BCUT2D eigenvalue weighted by Gasteiger charge is 2.14. The van der Waals surface area contributed by atoms with Crippen molar-refractivity contribution in [3.8, 4) is 5.75 Å². The molecule has 0 unspecified atom stereocenters. The summed E-state index contributed by atoms with van der Waals surface area (Å²) in [7, 11) is 1.35. The van der Waals surface area contributed by atoms with Crippen LogP contribution >= 0.6 is 11.6 Å². The minimum absolute atomic E-state index is 0.240. The summed E-state index contributed by atoms with van der Waals surface area (Å²) in [5.41, 5.74) is 5.22. The van der Waals surface area contributed by atoms with E-state index in [9.17, 15) is 0 Å². The van der Waals surface area contributed by atoms with Gasteiger partial charge in [0.2, 0.25) is 0 Å². The summed E-state index contributed by atoms with van der Waals surface area (Å²) in [6.45, 7) is -4.89. The molecular formula is C25H26ClNO. The van der Waals surface area contributed by atoms with Crippen molar-refractivity contribution < 1.29 is 10.2 Å². The topological polar surface area (TPSA) is 21.3 Å². The second-order valence-electron chi connectivity index (χ2n) is 6.13. The van der Waals surface area contributed by atoms with Gasteiger partial charge in [0.15, 0.2) is 0 Å². The molecule has 0 aliphatic heterocycles. The standard InChI is InChI=1S/C25H26ClNO/c1-27-18-19-28-23-14-12-22(13-15-23)25(21-10-6-3-7-11-21)24(16-17-26)20-8-4-2-5-9-20/h2-15,27H,16-19H2,1H3/b25-24-/i18D2,19D2.